The summed E-state index contributed by atoms with van der Waals surface area (Å²) in [7, 11) is 0. The fraction of sp³-hybridized carbons (Fsp3) is 0.353. The number of alkyl halides is 1. The van der Waals surface area contributed by atoms with E-state index in [1.165, 1.54) is 0 Å². The van der Waals surface area contributed by atoms with Gasteiger partial charge < -0.3 is 15.2 Å². The zero-order chi connectivity index (χ0) is 16.1. The molecule has 2 atom stereocenters. The van der Waals surface area contributed by atoms with Crippen LogP contribution in [-0.2, 0) is 9.53 Å². The van der Waals surface area contributed by atoms with E-state index in [0.717, 1.165) is 10.8 Å². The van der Waals surface area contributed by atoms with Crippen molar-refractivity contribution in [2.24, 2.45) is 5.73 Å². The molecule has 6 heteroatoms. The van der Waals surface area contributed by atoms with Gasteiger partial charge in [0.1, 0.15) is 5.75 Å². The van der Waals surface area contributed by atoms with Crippen molar-refractivity contribution < 1.29 is 18.7 Å². The number of fused-ring (bicyclic) bond motifs is 1. The molecule has 1 unspecified atom stereocenters. The summed E-state index contributed by atoms with van der Waals surface area (Å²) in [5, 5.41) is 1.68. The predicted molar refractivity (Wildman–Crippen MR) is 90.8 cm³/mol. The second kappa shape index (κ2) is 8.70. The first kappa shape index (κ1) is 19.2. The lowest BCUT2D eigenvalue weighted by Gasteiger charge is -2.21. The van der Waals surface area contributed by atoms with Crippen molar-refractivity contribution >= 4 is 29.1 Å². The molecule has 0 aliphatic carbocycles. The highest BCUT2D eigenvalue weighted by molar-refractivity contribution is 5.89. The third kappa shape index (κ3) is 4.12. The zero-order valence-electron chi connectivity index (χ0n) is 13.1. The van der Waals surface area contributed by atoms with E-state index in [1.807, 2.05) is 37.3 Å². The van der Waals surface area contributed by atoms with Crippen LogP contribution < -0.4 is 10.5 Å². The van der Waals surface area contributed by atoms with Gasteiger partial charge in [-0.2, -0.15) is 0 Å². The lowest BCUT2D eigenvalue weighted by molar-refractivity contribution is -0.149. The van der Waals surface area contributed by atoms with E-state index in [-0.39, 0.29) is 19.0 Å². The Labute approximate surface area is 141 Å². The van der Waals surface area contributed by atoms with Gasteiger partial charge >= 0.3 is 5.97 Å². The average molecular weight is 342 g/mol. The summed E-state index contributed by atoms with van der Waals surface area (Å²) in [5.74, 6) is -0.467. The average Bonchev–Trinajstić information content (AvgIpc) is 2.53. The number of carbonyl (C=O) groups excluding carboxylic acids is 1. The molecule has 0 spiro atoms. The minimum Gasteiger partial charge on any atom is -0.494 e. The van der Waals surface area contributed by atoms with Gasteiger partial charge in [0.05, 0.1) is 19.3 Å². The van der Waals surface area contributed by atoms with Crippen molar-refractivity contribution in [3.63, 3.8) is 0 Å². The van der Waals surface area contributed by atoms with Gasteiger partial charge in [0.25, 0.3) is 0 Å². The maximum atomic E-state index is 14.4. The molecule has 0 fully saturated rings. The predicted octanol–water partition coefficient (Wildman–Crippen LogP) is 3.56. The highest BCUT2D eigenvalue weighted by Gasteiger charge is 2.31. The van der Waals surface area contributed by atoms with Crippen LogP contribution in [0, 0.1) is 0 Å². The van der Waals surface area contributed by atoms with Crippen LogP contribution in [0.15, 0.2) is 36.4 Å². The number of nitrogens with two attached hydrogens (primary N) is 1. The highest BCUT2D eigenvalue weighted by atomic mass is 35.5. The minimum absolute atomic E-state index is 0. The van der Waals surface area contributed by atoms with Gasteiger partial charge in [-0.15, -0.1) is 12.4 Å². The second-order valence-corrected chi connectivity index (χ2v) is 4.81. The standard InChI is InChI=1S/C17H20FNO3.ClH/c1-3-21-13-10-9-11-7-5-6-8-12(11)14(13)16(19)15(18)17(20)22-4-2;/h5-10,15-16H,3-4,19H2,1-2H3;1H/t15?,16-;/m0./s1. The SMILES string of the molecule is CCOC(=O)C(F)[C@@H](N)c1c(OCC)ccc2ccccc12.Cl. The lowest BCUT2D eigenvalue weighted by atomic mass is 9.95. The number of ether oxygens (including phenoxy) is 2. The summed E-state index contributed by atoms with van der Waals surface area (Å²) >= 11 is 0. The van der Waals surface area contributed by atoms with Gasteiger partial charge in [-0.25, -0.2) is 9.18 Å². The van der Waals surface area contributed by atoms with E-state index in [2.05, 4.69) is 0 Å². The summed E-state index contributed by atoms with van der Waals surface area (Å²) in [5.41, 5.74) is 6.50. The molecule has 0 bridgehead atoms. The maximum Gasteiger partial charge on any atom is 0.342 e. The Balaban J connectivity index is 0.00000264. The molecule has 23 heavy (non-hydrogen) atoms. The fourth-order valence-corrected chi connectivity index (χ4v) is 2.42. The van der Waals surface area contributed by atoms with Crippen LogP contribution in [0.2, 0.25) is 0 Å². The minimum atomic E-state index is -1.94. The molecule has 4 nitrogen and oxygen atoms in total. The topological polar surface area (TPSA) is 61.5 Å². The van der Waals surface area contributed by atoms with Crippen LogP contribution in [0.5, 0.6) is 5.75 Å². The van der Waals surface area contributed by atoms with E-state index >= 15 is 0 Å². The van der Waals surface area contributed by atoms with Gasteiger partial charge in [0, 0.05) is 5.56 Å². The summed E-state index contributed by atoms with van der Waals surface area (Å²) in [4.78, 5) is 11.6. The molecule has 2 N–H and O–H groups in total. The first-order valence-electron chi connectivity index (χ1n) is 7.30. The molecule has 0 aromatic heterocycles. The number of hydrogen-bond donors (Lipinski definition) is 1. The smallest absolute Gasteiger partial charge is 0.342 e. The molecule has 0 saturated heterocycles. The van der Waals surface area contributed by atoms with Gasteiger partial charge in [0.2, 0.25) is 6.17 Å². The lowest BCUT2D eigenvalue weighted by Crippen LogP contribution is -2.32. The third-order valence-corrected chi connectivity index (χ3v) is 3.39. The second-order valence-electron chi connectivity index (χ2n) is 4.81. The molecule has 0 amide bonds. The normalized spacial score (nSPS) is 13.0. The molecule has 126 valence electrons. The monoisotopic (exact) mass is 341 g/mol. The van der Waals surface area contributed by atoms with E-state index in [9.17, 15) is 9.18 Å². The maximum absolute atomic E-state index is 14.4. The first-order chi connectivity index (χ1) is 10.6. The number of halogens is 2. The Bertz CT molecular complexity index is 665. The molecule has 0 saturated carbocycles. The fourth-order valence-electron chi connectivity index (χ4n) is 2.42. The van der Waals surface area contributed by atoms with Crippen LogP contribution in [0.1, 0.15) is 25.5 Å². The van der Waals surface area contributed by atoms with Crippen molar-refractivity contribution in [1.29, 1.82) is 0 Å². The number of esters is 1. The number of hydrogen-bond acceptors (Lipinski definition) is 4. The molecular weight excluding hydrogens is 321 g/mol. The van der Waals surface area contributed by atoms with Crippen LogP contribution in [0.25, 0.3) is 10.8 Å². The van der Waals surface area contributed by atoms with E-state index in [0.29, 0.717) is 17.9 Å². The molecular formula is C17H21ClFNO3. The number of carbonyl (C=O) groups is 1. The molecule has 0 aliphatic heterocycles. The molecule has 2 aromatic rings. The van der Waals surface area contributed by atoms with Crippen LogP contribution >= 0.6 is 12.4 Å². The van der Waals surface area contributed by atoms with E-state index < -0.39 is 18.2 Å². The van der Waals surface area contributed by atoms with Gasteiger partial charge in [0.15, 0.2) is 0 Å². The summed E-state index contributed by atoms with van der Waals surface area (Å²) in [6.07, 6.45) is -1.94. The summed E-state index contributed by atoms with van der Waals surface area (Å²) in [6.45, 7) is 4.00. The Hall–Kier alpha value is -1.85. The zero-order valence-corrected chi connectivity index (χ0v) is 13.9. The van der Waals surface area contributed by atoms with Gasteiger partial charge in [-0.3, -0.25) is 0 Å². The van der Waals surface area contributed by atoms with Crippen molar-refractivity contribution in [3.8, 4) is 5.75 Å². The van der Waals surface area contributed by atoms with Crippen molar-refractivity contribution in [3.05, 3.63) is 42.0 Å². The molecule has 2 aromatic carbocycles. The molecule has 0 heterocycles. The van der Waals surface area contributed by atoms with Crippen LogP contribution in [-0.4, -0.2) is 25.4 Å². The Morgan fingerprint density at radius 2 is 1.87 bits per heavy atom. The van der Waals surface area contributed by atoms with Crippen molar-refractivity contribution in [1.82, 2.24) is 0 Å². The highest BCUT2D eigenvalue weighted by Crippen LogP contribution is 2.34. The summed E-state index contributed by atoms with van der Waals surface area (Å²) in [6, 6.07) is 9.95. The Morgan fingerprint density at radius 1 is 1.17 bits per heavy atom. The Kier molecular flexibility index (Phi) is 7.26. The van der Waals surface area contributed by atoms with Gasteiger partial charge in [-0.05, 0) is 30.7 Å². The third-order valence-electron chi connectivity index (χ3n) is 3.39. The number of rotatable bonds is 6. The quantitative estimate of drug-likeness (QED) is 0.816. The molecule has 0 radical (unpaired) electrons. The van der Waals surface area contributed by atoms with Gasteiger partial charge in [-0.1, -0.05) is 30.3 Å². The summed E-state index contributed by atoms with van der Waals surface area (Å²) < 4.78 is 24.6. The number of benzene rings is 2. The largest absolute Gasteiger partial charge is 0.494 e. The van der Waals surface area contributed by atoms with Crippen molar-refractivity contribution in [2.45, 2.75) is 26.1 Å². The Morgan fingerprint density at radius 3 is 2.52 bits per heavy atom. The first-order valence-corrected chi connectivity index (χ1v) is 7.30. The molecule has 2 rings (SSSR count). The van der Waals surface area contributed by atoms with E-state index in [4.69, 9.17) is 15.2 Å². The van der Waals surface area contributed by atoms with Crippen LogP contribution in [0.4, 0.5) is 4.39 Å². The van der Waals surface area contributed by atoms with E-state index in [1.54, 1.807) is 13.0 Å². The van der Waals surface area contributed by atoms with Crippen molar-refractivity contribution in [2.75, 3.05) is 13.2 Å². The van der Waals surface area contributed by atoms with Crippen LogP contribution in [0.3, 0.4) is 0 Å². The molecule has 0 aliphatic rings.